The van der Waals surface area contributed by atoms with Crippen LogP contribution in [0.15, 0.2) is 24.3 Å². The summed E-state index contributed by atoms with van der Waals surface area (Å²) >= 11 is 2.27. The summed E-state index contributed by atoms with van der Waals surface area (Å²) in [5.74, 6) is 0. The molecule has 0 heterocycles. The van der Waals surface area contributed by atoms with Gasteiger partial charge >= 0.3 is 72.3 Å². The molecule has 1 aliphatic rings. The quantitative estimate of drug-likeness (QED) is 0.439. The van der Waals surface area contributed by atoms with Gasteiger partial charge in [-0.1, -0.05) is 0 Å². The molecule has 0 N–H and O–H groups in total. The molecule has 0 fully saturated rings. The van der Waals surface area contributed by atoms with Crippen LogP contribution in [0.2, 0.25) is 4.09 Å². The summed E-state index contributed by atoms with van der Waals surface area (Å²) < 4.78 is 0.271. The van der Waals surface area contributed by atoms with Gasteiger partial charge in [-0.2, -0.15) is 0 Å². The topological polar surface area (TPSA) is 0 Å². The summed E-state index contributed by atoms with van der Waals surface area (Å²) in [5.41, 5.74) is 0.344. The van der Waals surface area contributed by atoms with Crippen molar-refractivity contribution in [3.63, 3.8) is 0 Å². The van der Waals surface area contributed by atoms with Crippen LogP contribution in [0, 0.1) is 5.41 Å². The van der Waals surface area contributed by atoms with Gasteiger partial charge in [0.25, 0.3) is 0 Å². The van der Waals surface area contributed by atoms with Gasteiger partial charge in [0.05, 0.1) is 0 Å². The van der Waals surface area contributed by atoms with Crippen molar-refractivity contribution < 1.29 is 0 Å². The first-order valence-electron chi connectivity index (χ1n) is 3.83. The predicted molar refractivity (Wildman–Crippen MR) is 46.2 cm³/mol. The molecule has 50 valence electrons. The van der Waals surface area contributed by atoms with Crippen molar-refractivity contribution in [1.29, 1.82) is 0 Å². The summed E-state index contributed by atoms with van der Waals surface area (Å²) in [6, 6.07) is 0. The fourth-order valence-electron chi connectivity index (χ4n) is 1.07. The Kier molecular flexibility index (Phi) is 1.87. The van der Waals surface area contributed by atoms with Crippen molar-refractivity contribution in [2.75, 3.05) is 0 Å². The molecule has 0 spiro atoms. The summed E-state index contributed by atoms with van der Waals surface area (Å²) in [6.07, 6.45) is 8.80. The average molecular weight is 128 g/mol. The number of allylic oxidation sites excluding steroid dienone is 4. The number of hydrogen-bond donors (Lipinski definition) is 0. The van der Waals surface area contributed by atoms with Crippen LogP contribution in [-0.2, 0) is 0 Å². The van der Waals surface area contributed by atoms with E-state index in [2.05, 4.69) is 62.8 Å². The van der Waals surface area contributed by atoms with E-state index in [-0.39, 0.29) is 4.09 Å². The minimum absolute atomic E-state index is 0.271. The van der Waals surface area contributed by atoms with Crippen LogP contribution in [-0.4, -0.2) is 17.7 Å². The van der Waals surface area contributed by atoms with Gasteiger partial charge in [0.1, 0.15) is 0 Å². The summed E-state index contributed by atoms with van der Waals surface area (Å²) in [7, 11) is 0. The first kappa shape index (κ1) is 8.18. The second-order valence-corrected chi connectivity index (χ2v) is 4.25. The molecule has 1 heteroatoms. The second-order valence-electron chi connectivity index (χ2n) is 4.25. The van der Waals surface area contributed by atoms with Crippen molar-refractivity contribution >= 4 is 17.7 Å². The van der Waals surface area contributed by atoms with Crippen LogP contribution in [0.1, 0.15) is 20.8 Å². The molecule has 1 rings (SSSR count). The molecule has 0 aromatic carbocycles. The van der Waals surface area contributed by atoms with Crippen molar-refractivity contribution in [1.82, 2.24) is 0 Å². The molecule has 0 aromatic heterocycles. The maximum atomic E-state index is 2.27. The third-order valence-electron chi connectivity index (χ3n) is 2.61. The third kappa shape index (κ3) is 1.24. The number of hydrogen-bond acceptors (Lipinski definition) is 0. The Morgan fingerprint density at radius 3 is 1.70 bits per heavy atom. The van der Waals surface area contributed by atoms with Crippen LogP contribution >= 0.6 is 0 Å². The second kappa shape index (κ2) is 2.29. The van der Waals surface area contributed by atoms with E-state index >= 15 is 0 Å². The van der Waals surface area contributed by atoms with Crippen LogP contribution < -0.4 is 0 Å². The van der Waals surface area contributed by atoms with Gasteiger partial charge in [0.15, 0.2) is 0 Å². The first-order chi connectivity index (χ1) is 4.46. The predicted octanol–water partition coefficient (Wildman–Crippen LogP) is 2.49. The zero-order chi connectivity index (χ0) is 7.83. The molecule has 0 amide bonds. The van der Waals surface area contributed by atoms with E-state index < -0.39 is 0 Å². The zero-order valence-electron chi connectivity index (χ0n) is 7.31. The van der Waals surface area contributed by atoms with Gasteiger partial charge in [-0.3, -0.25) is 0 Å². The standard InChI is InChI=1S/C9H13.Li/c1-9(2,3)8-6-4-5-7-8;/h4-7H,1-3H3;. The fourth-order valence-corrected chi connectivity index (χ4v) is 1.07. The van der Waals surface area contributed by atoms with Crippen LogP contribution in [0.5, 0.6) is 0 Å². The van der Waals surface area contributed by atoms with E-state index in [9.17, 15) is 0 Å². The van der Waals surface area contributed by atoms with E-state index in [1.54, 1.807) is 0 Å². The fraction of sp³-hybridized carbons (Fsp3) is 0.556. The molecule has 0 radical (unpaired) electrons. The average Bonchev–Trinajstić information content (AvgIpc) is 2.13. The van der Waals surface area contributed by atoms with E-state index in [4.69, 9.17) is 0 Å². The summed E-state index contributed by atoms with van der Waals surface area (Å²) in [6.45, 7) is 6.81. The Labute approximate surface area is 72.6 Å². The van der Waals surface area contributed by atoms with Crippen molar-refractivity contribution in [2.45, 2.75) is 24.9 Å². The Morgan fingerprint density at radius 1 is 1.10 bits per heavy atom. The normalized spacial score (nSPS) is 22.1. The van der Waals surface area contributed by atoms with Gasteiger partial charge in [0, 0.05) is 0 Å². The number of rotatable bonds is 0. The molecule has 0 aliphatic heterocycles. The molecular weight excluding hydrogens is 115 g/mol. The van der Waals surface area contributed by atoms with Crippen LogP contribution in [0.25, 0.3) is 0 Å². The molecule has 0 atom stereocenters. The Balaban J connectivity index is 2.90. The molecule has 0 aromatic rings. The molecule has 0 saturated carbocycles. The third-order valence-corrected chi connectivity index (χ3v) is 2.61. The van der Waals surface area contributed by atoms with Gasteiger partial charge in [-0.05, 0) is 0 Å². The van der Waals surface area contributed by atoms with Crippen molar-refractivity contribution in [3.05, 3.63) is 24.3 Å². The van der Waals surface area contributed by atoms with E-state index in [1.165, 1.54) is 0 Å². The van der Waals surface area contributed by atoms with E-state index in [1.807, 2.05) is 0 Å². The molecule has 0 saturated heterocycles. The van der Waals surface area contributed by atoms with E-state index in [0.717, 1.165) is 0 Å². The minimum atomic E-state index is 0.271. The van der Waals surface area contributed by atoms with Gasteiger partial charge in [-0.25, -0.2) is 0 Å². The Morgan fingerprint density at radius 2 is 1.50 bits per heavy atom. The molecule has 0 bridgehead atoms. The Hall–Kier alpha value is 0.0774. The summed E-state index contributed by atoms with van der Waals surface area (Å²) in [5, 5.41) is 0. The van der Waals surface area contributed by atoms with Crippen LogP contribution in [0.3, 0.4) is 0 Å². The molecule has 10 heavy (non-hydrogen) atoms. The van der Waals surface area contributed by atoms with Gasteiger partial charge in [0.2, 0.25) is 0 Å². The zero-order valence-corrected chi connectivity index (χ0v) is 7.31. The van der Waals surface area contributed by atoms with E-state index in [0.29, 0.717) is 5.41 Å². The molecular formula is C9H13Li. The van der Waals surface area contributed by atoms with Crippen molar-refractivity contribution in [3.8, 4) is 0 Å². The van der Waals surface area contributed by atoms with Crippen molar-refractivity contribution in [2.24, 2.45) is 5.41 Å². The molecule has 0 unspecified atom stereocenters. The van der Waals surface area contributed by atoms with Gasteiger partial charge < -0.3 is 0 Å². The van der Waals surface area contributed by atoms with Gasteiger partial charge in [-0.15, -0.1) is 0 Å². The monoisotopic (exact) mass is 128 g/mol. The Bertz CT molecular complexity index is 169. The maximum absolute atomic E-state index is 2.27. The molecule has 0 nitrogen and oxygen atoms in total. The summed E-state index contributed by atoms with van der Waals surface area (Å²) in [4.78, 5) is 0. The van der Waals surface area contributed by atoms with Crippen LogP contribution in [0.4, 0.5) is 0 Å². The SMILES string of the molecule is [Li][C]1(C(C)(C)C)C=CC=C1. The first-order valence-corrected chi connectivity index (χ1v) is 3.83. The molecule has 1 aliphatic carbocycles.